The van der Waals surface area contributed by atoms with Crippen molar-refractivity contribution in [1.29, 1.82) is 0 Å². The molecule has 70 valence electrons. The Bertz CT molecular complexity index is 121. The molecular weight excluding hydrogens is 152 g/mol. The summed E-state index contributed by atoms with van der Waals surface area (Å²) in [6.07, 6.45) is 7.82. The van der Waals surface area contributed by atoms with Gasteiger partial charge in [-0.15, -0.1) is 6.58 Å². The SMILES string of the molecule is C=CC(O)CCCCCCC=O. The Hall–Kier alpha value is -0.630. The molecule has 1 atom stereocenters. The molecule has 0 aromatic carbocycles. The highest BCUT2D eigenvalue weighted by Gasteiger charge is 1.96. The minimum atomic E-state index is -0.351. The molecule has 0 bridgehead atoms. The number of hydrogen-bond acceptors (Lipinski definition) is 2. The monoisotopic (exact) mass is 170 g/mol. The van der Waals surface area contributed by atoms with Gasteiger partial charge in [0.25, 0.3) is 0 Å². The maximum Gasteiger partial charge on any atom is 0.119 e. The molecule has 12 heavy (non-hydrogen) atoms. The number of aliphatic hydroxyl groups is 1. The van der Waals surface area contributed by atoms with Gasteiger partial charge in [0.1, 0.15) is 6.29 Å². The summed E-state index contributed by atoms with van der Waals surface area (Å²) in [5, 5.41) is 9.09. The fourth-order valence-electron chi connectivity index (χ4n) is 1.05. The molecular formula is C10H18O2. The summed E-state index contributed by atoms with van der Waals surface area (Å²) in [6.45, 7) is 3.49. The van der Waals surface area contributed by atoms with Crippen molar-refractivity contribution < 1.29 is 9.90 Å². The zero-order valence-corrected chi connectivity index (χ0v) is 7.54. The van der Waals surface area contributed by atoms with E-state index in [0.29, 0.717) is 6.42 Å². The first-order chi connectivity index (χ1) is 5.81. The highest BCUT2D eigenvalue weighted by Crippen LogP contribution is 2.06. The second-order valence-corrected chi connectivity index (χ2v) is 2.96. The summed E-state index contributed by atoms with van der Waals surface area (Å²) in [5.74, 6) is 0. The van der Waals surface area contributed by atoms with Crippen molar-refractivity contribution in [3.63, 3.8) is 0 Å². The maximum absolute atomic E-state index is 9.94. The van der Waals surface area contributed by atoms with Gasteiger partial charge >= 0.3 is 0 Å². The molecule has 0 aromatic heterocycles. The Morgan fingerprint density at radius 1 is 1.25 bits per heavy atom. The first-order valence-electron chi connectivity index (χ1n) is 4.55. The Balaban J connectivity index is 2.99. The van der Waals surface area contributed by atoms with E-state index in [0.717, 1.165) is 38.4 Å². The average Bonchev–Trinajstić information content (AvgIpc) is 2.10. The third-order valence-corrected chi connectivity index (χ3v) is 1.84. The minimum absolute atomic E-state index is 0.351. The van der Waals surface area contributed by atoms with Crippen LogP contribution >= 0.6 is 0 Å². The van der Waals surface area contributed by atoms with Crippen LogP contribution in [0.5, 0.6) is 0 Å². The molecule has 0 saturated carbocycles. The molecule has 1 N–H and O–H groups in total. The first kappa shape index (κ1) is 11.4. The highest BCUT2D eigenvalue weighted by atomic mass is 16.3. The molecule has 0 amide bonds. The summed E-state index contributed by atoms with van der Waals surface area (Å²) in [5.41, 5.74) is 0. The van der Waals surface area contributed by atoms with Crippen LogP contribution in [0, 0.1) is 0 Å². The standard InChI is InChI=1S/C10H18O2/c1-2-10(12)8-6-4-3-5-7-9-11/h2,9-10,12H,1,3-8H2. The van der Waals surface area contributed by atoms with Crippen molar-refractivity contribution in [1.82, 2.24) is 0 Å². The fraction of sp³-hybridized carbons (Fsp3) is 0.700. The third-order valence-electron chi connectivity index (χ3n) is 1.84. The Kier molecular flexibility index (Phi) is 8.02. The fourth-order valence-corrected chi connectivity index (χ4v) is 1.05. The van der Waals surface area contributed by atoms with Gasteiger partial charge in [-0.3, -0.25) is 0 Å². The van der Waals surface area contributed by atoms with Crippen molar-refractivity contribution in [3.8, 4) is 0 Å². The quantitative estimate of drug-likeness (QED) is 0.344. The molecule has 2 nitrogen and oxygen atoms in total. The van der Waals surface area contributed by atoms with E-state index < -0.39 is 0 Å². The van der Waals surface area contributed by atoms with Gasteiger partial charge in [-0.25, -0.2) is 0 Å². The van der Waals surface area contributed by atoms with E-state index in [9.17, 15) is 4.79 Å². The normalized spacial score (nSPS) is 12.4. The zero-order valence-electron chi connectivity index (χ0n) is 7.54. The van der Waals surface area contributed by atoms with Crippen LogP contribution in [-0.4, -0.2) is 17.5 Å². The number of unbranched alkanes of at least 4 members (excludes halogenated alkanes) is 4. The van der Waals surface area contributed by atoms with E-state index >= 15 is 0 Å². The molecule has 0 saturated heterocycles. The molecule has 0 rings (SSSR count). The Labute approximate surface area is 74.3 Å². The van der Waals surface area contributed by atoms with Crippen molar-refractivity contribution in [2.75, 3.05) is 0 Å². The van der Waals surface area contributed by atoms with E-state index in [1.807, 2.05) is 0 Å². The van der Waals surface area contributed by atoms with Gasteiger partial charge in [-0.1, -0.05) is 25.3 Å². The smallest absolute Gasteiger partial charge is 0.119 e. The van der Waals surface area contributed by atoms with Gasteiger partial charge in [0.2, 0.25) is 0 Å². The Morgan fingerprint density at radius 3 is 2.50 bits per heavy atom. The van der Waals surface area contributed by atoms with Crippen LogP contribution in [-0.2, 0) is 4.79 Å². The summed E-state index contributed by atoms with van der Waals surface area (Å²) < 4.78 is 0. The molecule has 0 spiro atoms. The van der Waals surface area contributed by atoms with E-state index in [1.165, 1.54) is 0 Å². The number of carbonyl (C=O) groups excluding carboxylic acids is 1. The van der Waals surface area contributed by atoms with E-state index in [1.54, 1.807) is 6.08 Å². The molecule has 0 aliphatic rings. The van der Waals surface area contributed by atoms with Crippen LogP contribution in [0.15, 0.2) is 12.7 Å². The van der Waals surface area contributed by atoms with Crippen LogP contribution in [0.2, 0.25) is 0 Å². The second-order valence-electron chi connectivity index (χ2n) is 2.96. The van der Waals surface area contributed by atoms with Crippen LogP contribution in [0.25, 0.3) is 0 Å². The molecule has 0 radical (unpaired) electrons. The maximum atomic E-state index is 9.94. The Morgan fingerprint density at radius 2 is 1.92 bits per heavy atom. The second kappa shape index (κ2) is 8.47. The summed E-state index contributed by atoms with van der Waals surface area (Å²) >= 11 is 0. The number of carbonyl (C=O) groups is 1. The lowest BCUT2D eigenvalue weighted by Crippen LogP contribution is -2.00. The van der Waals surface area contributed by atoms with E-state index in [-0.39, 0.29) is 6.10 Å². The largest absolute Gasteiger partial charge is 0.389 e. The lowest BCUT2D eigenvalue weighted by atomic mass is 10.1. The average molecular weight is 170 g/mol. The van der Waals surface area contributed by atoms with Gasteiger partial charge in [-0.05, 0) is 12.8 Å². The molecule has 0 fully saturated rings. The third kappa shape index (κ3) is 7.48. The van der Waals surface area contributed by atoms with Gasteiger partial charge in [-0.2, -0.15) is 0 Å². The van der Waals surface area contributed by atoms with Crippen LogP contribution in [0.1, 0.15) is 38.5 Å². The minimum Gasteiger partial charge on any atom is -0.389 e. The van der Waals surface area contributed by atoms with E-state index in [4.69, 9.17) is 5.11 Å². The number of rotatable bonds is 8. The van der Waals surface area contributed by atoms with E-state index in [2.05, 4.69) is 6.58 Å². The van der Waals surface area contributed by atoms with Crippen LogP contribution in [0.3, 0.4) is 0 Å². The lowest BCUT2D eigenvalue weighted by Gasteiger charge is -2.03. The topological polar surface area (TPSA) is 37.3 Å². The van der Waals surface area contributed by atoms with Crippen LogP contribution in [0.4, 0.5) is 0 Å². The van der Waals surface area contributed by atoms with Crippen molar-refractivity contribution in [3.05, 3.63) is 12.7 Å². The molecule has 0 aliphatic carbocycles. The number of hydrogen-bond donors (Lipinski definition) is 1. The molecule has 2 heteroatoms. The molecule has 1 unspecified atom stereocenters. The molecule has 0 aromatic rings. The van der Waals surface area contributed by atoms with Crippen LogP contribution < -0.4 is 0 Å². The number of aliphatic hydroxyl groups excluding tert-OH is 1. The summed E-state index contributed by atoms with van der Waals surface area (Å²) in [4.78, 5) is 9.94. The van der Waals surface area contributed by atoms with Gasteiger partial charge in [0, 0.05) is 6.42 Å². The van der Waals surface area contributed by atoms with Crippen molar-refractivity contribution in [2.24, 2.45) is 0 Å². The van der Waals surface area contributed by atoms with Gasteiger partial charge in [0.05, 0.1) is 6.10 Å². The van der Waals surface area contributed by atoms with Crippen molar-refractivity contribution >= 4 is 6.29 Å². The van der Waals surface area contributed by atoms with Gasteiger partial charge in [0.15, 0.2) is 0 Å². The number of aldehydes is 1. The zero-order chi connectivity index (χ0) is 9.23. The van der Waals surface area contributed by atoms with Gasteiger partial charge < -0.3 is 9.90 Å². The summed E-state index contributed by atoms with van der Waals surface area (Å²) in [6, 6.07) is 0. The highest BCUT2D eigenvalue weighted by molar-refractivity contribution is 5.48. The predicted octanol–water partition coefficient (Wildman–Crippen LogP) is 2.07. The molecule has 0 aliphatic heterocycles. The lowest BCUT2D eigenvalue weighted by molar-refractivity contribution is -0.107. The summed E-state index contributed by atoms with van der Waals surface area (Å²) in [7, 11) is 0. The molecule has 0 heterocycles. The predicted molar refractivity (Wildman–Crippen MR) is 50.0 cm³/mol. The van der Waals surface area contributed by atoms with Crippen molar-refractivity contribution in [2.45, 2.75) is 44.6 Å². The first-order valence-corrected chi connectivity index (χ1v) is 4.55.